The molecule has 76 valence electrons. The Morgan fingerprint density at radius 1 is 1.08 bits per heavy atom. The Morgan fingerprint density at radius 3 is 2.08 bits per heavy atom. The van der Waals surface area contributed by atoms with Crippen LogP contribution in [0.1, 0.15) is 20.3 Å². The number of carbonyl (C=O) groups is 2. The third-order valence-corrected chi connectivity index (χ3v) is 1.33. The van der Waals surface area contributed by atoms with Crippen LogP contribution in [0.3, 0.4) is 0 Å². The molecule has 4 heteroatoms. The Hall–Kier alpha value is -0.740. The van der Waals surface area contributed by atoms with Crippen LogP contribution in [0.25, 0.3) is 0 Å². The van der Waals surface area contributed by atoms with Crippen molar-refractivity contribution in [1.29, 1.82) is 0 Å². The van der Waals surface area contributed by atoms with Crippen LogP contribution >= 0.6 is 0 Å². The van der Waals surface area contributed by atoms with Gasteiger partial charge in [0.15, 0.2) is 11.6 Å². The molecule has 0 heterocycles. The highest BCUT2D eigenvalue weighted by Crippen LogP contribution is 1.84. The minimum absolute atomic E-state index is 0.00960. The summed E-state index contributed by atoms with van der Waals surface area (Å²) in [6.45, 7) is 4.22. The van der Waals surface area contributed by atoms with Crippen LogP contribution in [0.2, 0.25) is 0 Å². The zero-order valence-corrected chi connectivity index (χ0v) is 8.17. The van der Waals surface area contributed by atoms with Crippen molar-refractivity contribution in [3.8, 4) is 0 Å². The fourth-order valence-corrected chi connectivity index (χ4v) is 0.622. The standard InChI is InChI=1S/C9H16O4/c1-3-9(11)7-13-5-4-12-6-8(2)10/h3-7H2,1-2H3. The fraction of sp³-hybridized carbons (Fsp3) is 0.778. The molecule has 0 unspecified atom stereocenters. The lowest BCUT2D eigenvalue weighted by molar-refractivity contribution is -0.125. The molecule has 0 radical (unpaired) electrons. The molecule has 0 aliphatic rings. The van der Waals surface area contributed by atoms with Crippen LogP contribution in [0.5, 0.6) is 0 Å². The average molecular weight is 188 g/mol. The number of hydrogen-bond acceptors (Lipinski definition) is 4. The molecule has 0 saturated carbocycles. The first-order chi connectivity index (χ1) is 6.16. The summed E-state index contributed by atoms with van der Waals surface area (Å²) in [5, 5.41) is 0. The summed E-state index contributed by atoms with van der Waals surface area (Å²) in [6, 6.07) is 0. The van der Waals surface area contributed by atoms with Gasteiger partial charge in [0, 0.05) is 6.42 Å². The van der Waals surface area contributed by atoms with Crippen LogP contribution in [-0.4, -0.2) is 38.0 Å². The number of ketones is 2. The van der Waals surface area contributed by atoms with Gasteiger partial charge in [0.25, 0.3) is 0 Å². The minimum Gasteiger partial charge on any atom is -0.371 e. The molecule has 0 amide bonds. The van der Waals surface area contributed by atoms with Gasteiger partial charge in [-0.15, -0.1) is 0 Å². The van der Waals surface area contributed by atoms with E-state index < -0.39 is 0 Å². The number of ether oxygens (including phenoxy) is 2. The summed E-state index contributed by atoms with van der Waals surface area (Å²) in [5.41, 5.74) is 0. The zero-order chi connectivity index (χ0) is 10.1. The first-order valence-corrected chi connectivity index (χ1v) is 4.33. The number of carbonyl (C=O) groups excluding carboxylic acids is 2. The fourth-order valence-electron chi connectivity index (χ4n) is 0.622. The van der Waals surface area contributed by atoms with E-state index in [1.807, 2.05) is 0 Å². The molecular weight excluding hydrogens is 172 g/mol. The van der Waals surface area contributed by atoms with Gasteiger partial charge in [0.1, 0.15) is 13.2 Å². The van der Waals surface area contributed by atoms with E-state index in [1.165, 1.54) is 6.92 Å². The molecule has 0 aliphatic heterocycles. The van der Waals surface area contributed by atoms with Crippen molar-refractivity contribution in [2.45, 2.75) is 20.3 Å². The first-order valence-electron chi connectivity index (χ1n) is 4.33. The molecule has 0 aromatic rings. The molecule has 0 rings (SSSR count). The summed E-state index contributed by atoms with van der Waals surface area (Å²) in [6.07, 6.45) is 0.494. The van der Waals surface area contributed by atoms with E-state index in [4.69, 9.17) is 9.47 Å². The monoisotopic (exact) mass is 188 g/mol. The van der Waals surface area contributed by atoms with Crippen molar-refractivity contribution in [3.63, 3.8) is 0 Å². The van der Waals surface area contributed by atoms with Gasteiger partial charge in [-0.1, -0.05) is 6.92 Å². The van der Waals surface area contributed by atoms with Crippen molar-refractivity contribution in [2.24, 2.45) is 0 Å². The van der Waals surface area contributed by atoms with Crippen LogP contribution in [0, 0.1) is 0 Å². The van der Waals surface area contributed by atoms with E-state index in [0.29, 0.717) is 19.6 Å². The molecule has 13 heavy (non-hydrogen) atoms. The number of hydrogen-bond donors (Lipinski definition) is 0. The first kappa shape index (κ1) is 12.3. The van der Waals surface area contributed by atoms with Crippen molar-refractivity contribution < 1.29 is 19.1 Å². The molecule has 0 atom stereocenters. The third kappa shape index (κ3) is 9.17. The maximum absolute atomic E-state index is 10.7. The topological polar surface area (TPSA) is 52.6 Å². The molecule has 0 bridgehead atoms. The van der Waals surface area contributed by atoms with Crippen molar-refractivity contribution in [1.82, 2.24) is 0 Å². The lowest BCUT2D eigenvalue weighted by Crippen LogP contribution is -2.13. The molecule has 0 N–H and O–H groups in total. The van der Waals surface area contributed by atoms with Crippen molar-refractivity contribution >= 4 is 11.6 Å². The molecule has 0 aromatic carbocycles. The van der Waals surface area contributed by atoms with Gasteiger partial charge in [-0.2, -0.15) is 0 Å². The second kappa shape index (κ2) is 7.89. The molecule has 0 aliphatic carbocycles. The van der Waals surface area contributed by atoms with Crippen LogP contribution in [-0.2, 0) is 19.1 Å². The van der Waals surface area contributed by atoms with Crippen LogP contribution in [0.15, 0.2) is 0 Å². The highest BCUT2D eigenvalue weighted by Gasteiger charge is 1.97. The van der Waals surface area contributed by atoms with Gasteiger partial charge < -0.3 is 9.47 Å². The van der Waals surface area contributed by atoms with Gasteiger partial charge in [0.05, 0.1) is 13.2 Å². The van der Waals surface area contributed by atoms with E-state index in [1.54, 1.807) is 6.92 Å². The van der Waals surface area contributed by atoms with E-state index in [0.717, 1.165) is 0 Å². The van der Waals surface area contributed by atoms with Crippen LogP contribution in [0.4, 0.5) is 0 Å². The maximum atomic E-state index is 10.7. The molecule has 0 spiro atoms. The van der Waals surface area contributed by atoms with Gasteiger partial charge in [-0.25, -0.2) is 0 Å². The third-order valence-electron chi connectivity index (χ3n) is 1.33. The van der Waals surface area contributed by atoms with Crippen molar-refractivity contribution in [2.75, 3.05) is 26.4 Å². The van der Waals surface area contributed by atoms with E-state index >= 15 is 0 Å². The molecular formula is C9H16O4. The lowest BCUT2D eigenvalue weighted by Gasteiger charge is -2.02. The highest BCUT2D eigenvalue weighted by molar-refractivity contribution is 5.79. The summed E-state index contributed by atoms with van der Waals surface area (Å²) < 4.78 is 9.91. The Labute approximate surface area is 78.2 Å². The van der Waals surface area contributed by atoms with E-state index in [9.17, 15) is 9.59 Å². The maximum Gasteiger partial charge on any atom is 0.158 e. The Bertz CT molecular complexity index is 165. The van der Waals surface area contributed by atoms with E-state index in [2.05, 4.69) is 0 Å². The highest BCUT2D eigenvalue weighted by atomic mass is 16.5. The Morgan fingerprint density at radius 2 is 1.62 bits per heavy atom. The predicted molar refractivity (Wildman–Crippen MR) is 47.6 cm³/mol. The lowest BCUT2D eigenvalue weighted by atomic mass is 10.3. The predicted octanol–water partition coefficient (Wildman–Crippen LogP) is 0.588. The Balaban J connectivity index is 3.08. The second-order valence-corrected chi connectivity index (χ2v) is 2.70. The minimum atomic E-state index is -0.00960. The smallest absolute Gasteiger partial charge is 0.158 e. The second-order valence-electron chi connectivity index (χ2n) is 2.70. The van der Waals surface area contributed by atoms with Gasteiger partial charge in [0.2, 0.25) is 0 Å². The Kier molecular flexibility index (Phi) is 7.44. The quantitative estimate of drug-likeness (QED) is 0.523. The normalized spacial score (nSPS) is 10.0. The van der Waals surface area contributed by atoms with Gasteiger partial charge >= 0.3 is 0 Å². The van der Waals surface area contributed by atoms with Gasteiger partial charge in [-0.05, 0) is 6.92 Å². The number of Topliss-reactive ketones (excluding diaryl/α,β-unsaturated/α-hetero) is 2. The summed E-state index contributed by atoms with van der Waals surface area (Å²) in [5.74, 6) is 0.0659. The van der Waals surface area contributed by atoms with Crippen molar-refractivity contribution in [3.05, 3.63) is 0 Å². The summed E-state index contributed by atoms with van der Waals surface area (Å²) in [7, 11) is 0. The molecule has 0 fully saturated rings. The molecule has 0 saturated heterocycles. The summed E-state index contributed by atoms with van der Waals surface area (Å²) >= 11 is 0. The largest absolute Gasteiger partial charge is 0.371 e. The van der Waals surface area contributed by atoms with Gasteiger partial charge in [-0.3, -0.25) is 9.59 Å². The van der Waals surface area contributed by atoms with Crippen LogP contribution < -0.4 is 0 Å². The SMILES string of the molecule is CCC(=O)COCCOCC(C)=O. The average Bonchev–Trinajstić information content (AvgIpc) is 2.10. The zero-order valence-electron chi connectivity index (χ0n) is 8.17. The summed E-state index contributed by atoms with van der Waals surface area (Å²) in [4.78, 5) is 21.1. The van der Waals surface area contributed by atoms with E-state index in [-0.39, 0.29) is 24.8 Å². The molecule has 0 aromatic heterocycles. The number of rotatable bonds is 8. The molecule has 4 nitrogen and oxygen atoms in total.